The second-order valence-electron chi connectivity index (χ2n) is 10.8. The van der Waals surface area contributed by atoms with Crippen LogP contribution >= 0.6 is 40.7 Å². The van der Waals surface area contributed by atoms with Crippen molar-refractivity contribution in [3.8, 4) is 0 Å². The first-order valence-corrected chi connectivity index (χ1v) is 13.2. The van der Waals surface area contributed by atoms with E-state index in [1.807, 2.05) is 11.0 Å². The van der Waals surface area contributed by atoms with Gasteiger partial charge in [0.2, 0.25) is 5.91 Å². The highest BCUT2D eigenvalue weighted by atomic mass is 79.9. The zero-order valence-electron chi connectivity index (χ0n) is 21.3. The van der Waals surface area contributed by atoms with E-state index in [2.05, 4.69) is 56.9 Å². The molecule has 1 amide bonds. The summed E-state index contributed by atoms with van der Waals surface area (Å²) in [5.41, 5.74) is 2.11. The lowest BCUT2D eigenvalue weighted by atomic mass is 9.88. The molecule has 204 valence electrons. The number of hydrogen-bond acceptors (Lipinski definition) is 6. The predicted molar refractivity (Wildman–Crippen MR) is 150 cm³/mol. The SMILES string of the molecule is C[C@@H]1C[C@@H](O)c2ncnc(N3CCN(C(=O)[C@@H](c4ccc(Br)cc4F)[C@H]4CCC(C)(C)N4)CC3)c21.Cl.Cl. The summed E-state index contributed by atoms with van der Waals surface area (Å²) in [5, 5.41) is 13.9. The fourth-order valence-electron chi connectivity index (χ4n) is 5.98. The van der Waals surface area contributed by atoms with E-state index >= 15 is 4.39 Å². The number of amides is 1. The van der Waals surface area contributed by atoms with E-state index in [4.69, 9.17) is 0 Å². The van der Waals surface area contributed by atoms with E-state index in [1.54, 1.807) is 6.07 Å². The molecule has 3 heterocycles. The Morgan fingerprint density at radius 1 is 1.22 bits per heavy atom. The smallest absolute Gasteiger partial charge is 0.231 e. The molecule has 0 spiro atoms. The van der Waals surface area contributed by atoms with Gasteiger partial charge in [-0.1, -0.05) is 28.9 Å². The third kappa shape index (κ3) is 5.91. The zero-order chi connectivity index (χ0) is 24.9. The van der Waals surface area contributed by atoms with Crippen molar-refractivity contribution in [2.24, 2.45) is 0 Å². The Bertz CT molecular complexity index is 1130. The van der Waals surface area contributed by atoms with Crippen LogP contribution in [0.15, 0.2) is 29.0 Å². The molecule has 1 aliphatic carbocycles. The van der Waals surface area contributed by atoms with E-state index in [9.17, 15) is 9.90 Å². The van der Waals surface area contributed by atoms with Crippen LogP contribution in [0.25, 0.3) is 0 Å². The molecule has 0 saturated carbocycles. The normalized spacial score (nSPS) is 25.2. The summed E-state index contributed by atoms with van der Waals surface area (Å²) in [5.74, 6) is 0.0953. The summed E-state index contributed by atoms with van der Waals surface area (Å²) >= 11 is 3.34. The Hall–Kier alpha value is -1.52. The molecule has 7 nitrogen and oxygen atoms in total. The maximum Gasteiger partial charge on any atom is 0.231 e. The molecule has 37 heavy (non-hydrogen) atoms. The number of hydrogen-bond donors (Lipinski definition) is 2. The topological polar surface area (TPSA) is 81.6 Å². The lowest BCUT2D eigenvalue weighted by Gasteiger charge is -2.39. The van der Waals surface area contributed by atoms with E-state index < -0.39 is 12.0 Å². The van der Waals surface area contributed by atoms with Gasteiger partial charge in [0.05, 0.1) is 17.7 Å². The van der Waals surface area contributed by atoms with Gasteiger partial charge in [-0.15, -0.1) is 24.8 Å². The first kappa shape index (κ1) is 30.0. The number of piperazine rings is 1. The van der Waals surface area contributed by atoms with Gasteiger partial charge in [-0.3, -0.25) is 4.79 Å². The highest BCUT2D eigenvalue weighted by Crippen LogP contribution is 2.43. The molecule has 2 saturated heterocycles. The highest BCUT2D eigenvalue weighted by molar-refractivity contribution is 9.10. The number of aliphatic hydroxyl groups excluding tert-OH is 1. The van der Waals surface area contributed by atoms with Crippen LogP contribution in [-0.4, -0.2) is 63.6 Å². The third-order valence-corrected chi connectivity index (χ3v) is 8.29. The molecular formula is C26H35BrCl2FN5O2. The number of nitrogens with zero attached hydrogens (tertiary/aromatic N) is 4. The number of carbonyl (C=O) groups excluding carboxylic acids is 1. The van der Waals surface area contributed by atoms with E-state index in [1.165, 1.54) is 12.4 Å². The Kier molecular flexibility index (Phi) is 9.49. The van der Waals surface area contributed by atoms with Crippen LogP contribution in [0.2, 0.25) is 0 Å². The molecule has 5 rings (SSSR count). The van der Waals surface area contributed by atoms with Gasteiger partial charge in [-0.25, -0.2) is 14.4 Å². The van der Waals surface area contributed by atoms with E-state index in [-0.39, 0.29) is 54.0 Å². The number of benzene rings is 1. The molecule has 2 aromatic rings. The summed E-state index contributed by atoms with van der Waals surface area (Å²) in [6.45, 7) is 8.70. The molecule has 2 N–H and O–H groups in total. The van der Waals surface area contributed by atoms with Crippen molar-refractivity contribution in [2.75, 3.05) is 31.1 Å². The van der Waals surface area contributed by atoms with Gasteiger partial charge in [-0.05, 0) is 51.2 Å². The van der Waals surface area contributed by atoms with Crippen LogP contribution in [0.4, 0.5) is 10.2 Å². The first-order valence-electron chi connectivity index (χ1n) is 12.4. The fourth-order valence-corrected chi connectivity index (χ4v) is 6.31. The second-order valence-corrected chi connectivity index (χ2v) is 11.7. The predicted octanol–water partition coefficient (Wildman–Crippen LogP) is 4.73. The van der Waals surface area contributed by atoms with E-state index in [0.717, 1.165) is 29.9 Å². The summed E-state index contributed by atoms with van der Waals surface area (Å²) in [6, 6.07) is 4.88. The molecule has 2 aliphatic heterocycles. The van der Waals surface area contributed by atoms with Gasteiger partial charge >= 0.3 is 0 Å². The second kappa shape index (κ2) is 11.7. The minimum Gasteiger partial charge on any atom is -0.387 e. The molecule has 3 aliphatic rings. The largest absolute Gasteiger partial charge is 0.387 e. The first-order chi connectivity index (χ1) is 16.6. The van der Waals surface area contributed by atoms with Crippen molar-refractivity contribution in [1.29, 1.82) is 0 Å². The van der Waals surface area contributed by atoms with Gasteiger partial charge in [0.1, 0.15) is 18.0 Å². The Labute approximate surface area is 238 Å². The minimum atomic E-state index is -0.574. The number of anilines is 1. The van der Waals surface area contributed by atoms with Crippen molar-refractivity contribution < 1.29 is 14.3 Å². The Morgan fingerprint density at radius 2 is 1.92 bits per heavy atom. The monoisotopic (exact) mass is 617 g/mol. The van der Waals surface area contributed by atoms with E-state index in [0.29, 0.717) is 42.6 Å². The molecular weight excluding hydrogens is 584 g/mol. The fraction of sp³-hybridized carbons (Fsp3) is 0.577. The van der Waals surface area contributed by atoms with Gasteiger partial charge in [-0.2, -0.15) is 0 Å². The van der Waals surface area contributed by atoms with Crippen molar-refractivity contribution in [1.82, 2.24) is 20.2 Å². The third-order valence-electron chi connectivity index (χ3n) is 7.79. The minimum absolute atomic E-state index is 0. The summed E-state index contributed by atoms with van der Waals surface area (Å²) < 4.78 is 15.7. The van der Waals surface area contributed by atoms with Crippen molar-refractivity contribution in [3.05, 3.63) is 51.6 Å². The quantitative estimate of drug-likeness (QED) is 0.516. The Balaban J connectivity index is 0.00000190. The molecule has 0 bridgehead atoms. The van der Waals surface area contributed by atoms with Crippen LogP contribution in [0.1, 0.15) is 74.8 Å². The van der Waals surface area contributed by atoms with Gasteiger partial charge < -0.3 is 20.2 Å². The van der Waals surface area contributed by atoms with Crippen molar-refractivity contribution >= 4 is 52.5 Å². The van der Waals surface area contributed by atoms with Gasteiger partial charge in [0.25, 0.3) is 0 Å². The van der Waals surface area contributed by atoms with Crippen LogP contribution in [-0.2, 0) is 4.79 Å². The average Bonchev–Trinajstić information content (AvgIpc) is 3.33. The molecule has 4 atom stereocenters. The maximum absolute atomic E-state index is 15.1. The number of halogens is 4. The van der Waals surface area contributed by atoms with Crippen LogP contribution in [0.5, 0.6) is 0 Å². The molecule has 0 unspecified atom stereocenters. The average molecular weight is 619 g/mol. The molecule has 0 radical (unpaired) electrons. The molecule has 1 aromatic heterocycles. The van der Waals surface area contributed by atoms with Crippen LogP contribution < -0.4 is 10.2 Å². The van der Waals surface area contributed by atoms with Crippen molar-refractivity contribution in [2.45, 2.75) is 69.6 Å². The van der Waals surface area contributed by atoms with Gasteiger partial charge in [0.15, 0.2) is 0 Å². The molecule has 2 fully saturated rings. The zero-order valence-corrected chi connectivity index (χ0v) is 24.5. The maximum atomic E-state index is 15.1. The molecule has 1 aromatic carbocycles. The number of aromatic nitrogens is 2. The number of aliphatic hydroxyl groups is 1. The lowest BCUT2D eigenvalue weighted by molar-refractivity contribution is -0.133. The van der Waals surface area contributed by atoms with Gasteiger partial charge in [0, 0.05) is 53.4 Å². The number of carbonyl (C=O) groups is 1. The number of nitrogens with one attached hydrogen (secondary N) is 1. The van der Waals surface area contributed by atoms with Crippen LogP contribution in [0.3, 0.4) is 0 Å². The standard InChI is InChI=1S/C26H33BrFN5O2.2ClH/c1-15-12-20(34)23-21(15)24(30-14-29-23)32-8-10-33(11-9-32)25(35)22(19-6-7-26(2,3)31-19)17-5-4-16(27)13-18(17)28;;/h4-5,13-15,19-20,22,31,34H,6-12H2,1-3H3;2*1H/t15-,19-,20-,22+;;/m1../s1. The number of fused-ring (bicyclic) bond motifs is 1. The summed E-state index contributed by atoms with van der Waals surface area (Å²) in [7, 11) is 0. The Morgan fingerprint density at radius 3 is 2.54 bits per heavy atom. The van der Waals surface area contributed by atoms with Crippen LogP contribution in [0, 0.1) is 5.82 Å². The molecule has 11 heteroatoms. The summed E-state index contributed by atoms with van der Waals surface area (Å²) in [6.07, 6.45) is 3.40. The summed E-state index contributed by atoms with van der Waals surface area (Å²) in [4.78, 5) is 26.8. The van der Waals surface area contributed by atoms with Crippen molar-refractivity contribution in [3.63, 3.8) is 0 Å². The highest BCUT2D eigenvalue weighted by Gasteiger charge is 2.42. The lowest BCUT2D eigenvalue weighted by Crippen LogP contribution is -2.53. The number of rotatable bonds is 4.